The van der Waals surface area contributed by atoms with Crippen LogP contribution in [0.4, 0.5) is 17.3 Å². The Labute approximate surface area is 133 Å². The van der Waals surface area contributed by atoms with E-state index in [9.17, 15) is 0 Å². The van der Waals surface area contributed by atoms with Crippen LogP contribution in [0.5, 0.6) is 0 Å². The lowest BCUT2D eigenvalue weighted by atomic mass is 10.3. The first-order valence-corrected chi connectivity index (χ1v) is 6.98. The maximum Gasteiger partial charge on any atom is 0.161 e. The van der Waals surface area contributed by atoms with Gasteiger partial charge in [-0.1, -0.05) is 34.8 Å². The Balaban J connectivity index is 2.40. The molecular weight excluding hydrogens is 374 g/mol. The van der Waals surface area contributed by atoms with Crippen molar-refractivity contribution in [2.75, 3.05) is 10.7 Å². The quantitative estimate of drug-likeness (QED) is 0.525. The predicted octanol–water partition coefficient (Wildman–Crippen LogP) is 4.83. The largest absolute Gasteiger partial charge is 0.338 e. The van der Waals surface area contributed by atoms with Crippen LogP contribution in [0.15, 0.2) is 28.7 Å². The summed E-state index contributed by atoms with van der Waals surface area (Å²) in [5, 5.41) is 4.35. The first-order chi connectivity index (χ1) is 9.01. The highest BCUT2D eigenvalue weighted by molar-refractivity contribution is 9.10. The van der Waals surface area contributed by atoms with Gasteiger partial charge >= 0.3 is 0 Å². The highest BCUT2D eigenvalue weighted by Gasteiger charge is 2.10. The van der Waals surface area contributed by atoms with Crippen molar-refractivity contribution in [1.29, 1.82) is 0 Å². The molecule has 0 spiro atoms. The van der Waals surface area contributed by atoms with Gasteiger partial charge in [0.25, 0.3) is 0 Å². The molecule has 4 nitrogen and oxygen atoms in total. The van der Waals surface area contributed by atoms with Crippen LogP contribution in [0.3, 0.4) is 0 Å². The molecule has 2 aromatic rings. The standard InChI is InChI=1S/C11H8BrCl3N4/c12-6-2-1-5(13)3-9(6)17-10-7(14)4-8(15)11(18-10)19-16/h1-4H,16H2,(H2,17,18,19). The zero-order valence-electron chi connectivity index (χ0n) is 9.35. The van der Waals surface area contributed by atoms with Crippen molar-refractivity contribution in [2.24, 2.45) is 5.84 Å². The lowest BCUT2D eigenvalue weighted by Crippen LogP contribution is -2.10. The topological polar surface area (TPSA) is 63.0 Å². The van der Waals surface area contributed by atoms with E-state index in [0.29, 0.717) is 26.7 Å². The molecule has 0 unspecified atom stereocenters. The predicted molar refractivity (Wildman–Crippen MR) is 84.5 cm³/mol. The number of nitrogens with zero attached hydrogens (tertiary/aromatic N) is 1. The number of aromatic nitrogens is 1. The van der Waals surface area contributed by atoms with Crippen molar-refractivity contribution >= 4 is 68.1 Å². The summed E-state index contributed by atoms with van der Waals surface area (Å²) in [6, 6.07) is 6.87. The lowest BCUT2D eigenvalue weighted by molar-refractivity contribution is 1.22. The van der Waals surface area contributed by atoms with Crippen molar-refractivity contribution in [1.82, 2.24) is 4.98 Å². The van der Waals surface area contributed by atoms with Crippen LogP contribution < -0.4 is 16.6 Å². The molecule has 4 N–H and O–H groups in total. The molecule has 0 amide bonds. The minimum absolute atomic E-state index is 0.326. The van der Waals surface area contributed by atoms with E-state index >= 15 is 0 Å². The third-order valence-electron chi connectivity index (χ3n) is 2.25. The number of hydrazine groups is 1. The molecule has 1 aromatic carbocycles. The van der Waals surface area contributed by atoms with Crippen molar-refractivity contribution in [3.8, 4) is 0 Å². The molecule has 0 aliphatic heterocycles. The Morgan fingerprint density at radius 3 is 2.42 bits per heavy atom. The first-order valence-electron chi connectivity index (χ1n) is 5.06. The normalized spacial score (nSPS) is 10.4. The molecule has 0 saturated heterocycles. The SMILES string of the molecule is NNc1nc(Nc2cc(Cl)ccc2Br)c(Cl)cc1Cl. The maximum absolute atomic E-state index is 6.07. The van der Waals surface area contributed by atoms with Gasteiger partial charge in [0.05, 0.1) is 15.7 Å². The van der Waals surface area contributed by atoms with Crippen LogP contribution in [0.2, 0.25) is 15.1 Å². The van der Waals surface area contributed by atoms with Gasteiger partial charge in [-0.25, -0.2) is 10.8 Å². The van der Waals surface area contributed by atoms with Crippen molar-refractivity contribution < 1.29 is 0 Å². The number of pyridine rings is 1. The molecule has 0 fully saturated rings. The van der Waals surface area contributed by atoms with Gasteiger partial charge in [-0.05, 0) is 40.2 Å². The van der Waals surface area contributed by atoms with E-state index in [1.807, 2.05) is 6.07 Å². The zero-order chi connectivity index (χ0) is 14.0. The maximum atomic E-state index is 6.07. The number of rotatable bonds is 3. The van der Waals surface area contributed by atoms with Gasteiger partial charge in [-0.15, -0.1) is 0 Å². The Bertz CT molecular complexity index is 621. The highest BCUT2D eigenvalue weighted by Crippen LogP contribution is 2.33. The van der Waals surface area contributed by atoms with Crippen LogP contribution in [0.1, 0.15) is 0 Å². The van der Waals surface area contributed by atoms with E-state index in [4.69, 9.17) is 40.6 Å². The second kappa shape index (κ2) is 6.15. The van der Waals surface area contributed by atoms with Gasteiger partial charge in [0.1, 0.15) is 0 Å². The smallest absolute Gasteiger partial charge is 0.161 e. The van der Waals surface area contributed by atoms with E-state index in [-0.39, 0.29) is 0 Å². The summed E-state index contributed by atoms with van der Waals surface area (Å²) in [5.74, 6) is 6.06. The van der Waals surface area contributed by atoms with Crippen LogP contribution in [0.25, 0.3) is 0 Å². The van der Waals surface area contributed by atoms with E-state index in [0.717, 1.165) is 10.2 Å². The average molecular weight is 382 g/mol. The molecule has 0 atom stereocenters. The van der Waals surface area contributed by atoms with Crippen LogP contribution >= 0.6 is 50.7 Å². The second-order valence-corrected chi connectivity index (χ2v) is 5.65. The van der Waals surface area contributed by atoms with E-state index in [1.54, 1.807) is 18.2 Å². The summed E-state index contributed by atoms with van der Waals surface area (Å²) in [6.45, 7) is 0. The van der Waals surface area contributed by atoms with Crippen LogP contribution in [-0.4, -0.2) is 4.98 Å². The lowest BCUT2D eigenvalue weighted by Gasteiger charge is -2.12. The summed E-state index contributed by atoms with van der Waals surface area (Å²) >= 11 is 21.3. The summed E-state index contributed by atoms with van der Waals surface area (Å²) in [4.78, 5) is 4.18. The van der Waals surface area contributed by atoms with Gasteiger partial charge in [0.15, 0.2) is 11.6 Å². The zero-order valence-corrected chi connectivity index (χ0v) is 13.2. The molecule has 0 aliphatic carbocycles. The van der Waals surface area contributed by atoms with Gasteiger partial charge in [-0.2, -0.15) is 0 Å². The minimum atomic E-state index is 0.326. The number of halogens is 4. The van der Waals surface area contributed by atoms with Crippen molar-refractivity contribution in [3.63, 3.8) is 0 Å². The fourth-order valence-electron chi connectivity index (χ4n) is 1.38. The molecule has 0 aliphatic rings. The van der Waals surface area contributed by atoms with Crippen LogP contribution in [-0.2, 0) is 0 Å². The van der Waals surface area contributed by atoms with Gasteiger partial charge in [0.2, 0.25) is 0 Å². The molecule has 8 heteroatoms. The fraction of sp³-hybridized carbons (Fsp3) is 0. The van der Waals surface area contributed by atoms with Crippen molar-refractivity contribution in [2.45, 2.75) is 0 Å². The first kappa shape index (κ1) is 14.7. The molecule has 2 rings (SSSR count). The van der Waals surface area contributed by atoms with Crippen LogP contribution in [0, 0.1) is 0 Å². The molecule has 0 radical (unpaired) electrons. The molecule has 1 aromatic heterocycles. The summed E-state index contributed by atoms with van der Waals surface area (Å²) in [7, 11) is 0. The monoisotopic (exact) mass is 380 g/mol. The van der Waals surface area contributed by atoms with E-state index in [1.165, 1.54) is 0 Å². The molecule has 100 valence electrons. The summed E-state index contributed by atoms with van der Waals surface area (Å²) < 4.78 is 0.826. The number of nitrogen functional groups attached to an aromatic ring is 1. The Hall–Kier alpha value is -0.720. The number of hydrogen-bond acceptors (Lipinski definition) is 4. The fourth-order valence-corrected chi connectivity index (χ4v) is 2.35. The number of benzene rings is 1. The molecule has 0 saturated carbocycles. The summed E-state index contributed by atoms with van der Waals surface area (Å²) in [5.41, 5.74) is 3.12. The summed E-state index contributed by atoms with van der Waals surface area (Å²) in [6.07, 6.45) is 0. The third kappa shape index (κ3) is 3.43. The number of anilines is 3. The Morgan fingerprint density at radius 2 is 1.74 bits per heavy atom. The Morgan fingerprint density at radius 1 is 1.05 bits per heavy atom. The van der Waals surface area contributed by atoms with E-state index in [2.05, 4.69) is 31.7 Å². The molecule has 19 heavy (non-hydrogen) atoms. The number of nitrogens with two attached hydrogens (primary N) is 1. The highest BCUT2D eigenvalue weighted by atomic mass is 79.9. The number of hydrogen-bond donors (Lipinski definition) is 3. The van der Waals surface area contributed by atoms with Crippen molar-refractivity contribution in [3.05, 3.63) is 43.8 Å². The second-order valence-electron chi connectivity index (χ2n) is 3.54. The molecular formula is C11H8BrCl3N4. The van der Waals surface area contributed by atoms with Gasteiger partial charge < -0.3 is 10.7 Å². The molecule has 0 bridgehead atoms. The Kier molecular flexibility index (Phi) is 4.76. The number of nitrogens with one attached hydrogen (secondary N) is 2. The minimum Gasteiger partial charge on any atom is -0.338 e. The third-order valence-corrected chi connectivity index (χ3v) is 3.75. The molecule has 1 heterocycles. The van der Waals surface area contributed by atoms with E-state index < -0.39 is 0 Å². The van der Waals surface area contributed by atoms with Gasteiger partial charge in [-0.3, -0.25) is 0 Å². The van der Waals surface area contributed by atoms with Gasteiger partial charge in [0, 0.05) is 9.50 Å². The average Bonchev–Trinajstić information content (AvgIpc) is 2.37.